The highest BCUT2D eigenvalue weighted by Gasteiger charge is 2.25. The second kappa shape index (κ2) is 12.3. The van der Waals surface area contributed by atoms with Crippen molar-refractivity contribution in [1.29, 1.82) is 0 Å². The zero-order valence-corrected chi connectivity index (χ0v) is 21.1. The van der Waals surface area contributed by atoms with Crippen molar-refractivity contribution in [2.75, 3.05) is 32.8 Å². The molecule has 1 aromatic heterocycles. The summed E-state index contributed by atoms with van der Waals surface area (Å²) in [6.45, 7) is 11.5. The molecule has 0 amide bonds. The summed E-state index contributed by atoms with van der Waals surface area (Å²) in [5.74, 6) is 1.59. The van der Waals surface area contributed by atoms with Gasteiger partial charge < -0.3 is 15.0 Å². The molecular weight excluding hydrogens is 489 g/mol. The Balaban J connectivity index is 0.00000320. The van der Waals surface area contributed by atoms with Gasteiger partial charge in [-0.3, -0.25) is 9.67 Å². The number of aromatic nitrogens is 2. The van der Waals surface area contributed by atoms with E-state index in [0.29, 0.717) is 12.5 Å². The van der Waals surface area contributed by atoms with Gasteiger partial charge in [-0.2, -0.15) is 5.10 Å². The van der Waals surface area contributed by atoms with Gasteiger partial charge in [0.2, 0.25) is 0 Å². The zero-order valence-electron chi connectivity index (χ0n) is 18.7. The third-order valence-electron chi connectivity index (χ3n) is 5.67. The molecule has 0 bridgehead atoms. The highest BCUT2D eigenvalue weighted by molar-refractivity contribution is 14.0. The molecule has 30 heavy (non-hydrogen) atoms. The van der Waals surface area contributed by atoms with Crippen LogP contribution in [0.2, 0.25) is 0 Å². The molecule has 1 unspecified atom stereocenters. The van der Waals surface area contributed by atoms with E-state index in [1.54, 1.807) is 0 Å². The average molecular weight is 525 g/mol. The van der Waals surface area contributed by atoms with E-state index >= 15 is 0 Å². The summed E-state index contributed by atoms with van der Waals surface area (Å²) >= 11 is 0. The van der Waals surface area contributed by atoms with E-state index in [0.717, 1.165) is 57.3 Å². The van der Waals surface area contributed by atoms with Crippen LogP contribution in [0.4, 0.5) is 0 Å². The number of benzene rings is 1. The third-order valence-corrected chi connectivity index (χ3v) is 5.67. The molecule has 0 radical (unpaired) electrons. The molecule has 2 heterocycles. The minimum absolute atomic E-state index is 0. The van der Waals surface area contributed by atoms with Gasteiger partial charge in [-0.25, -0.2) is 0 Å². The van der Waals surface area contributed by atoms with Crippen LogP contribution in [0.25, 0.3) is 0 Å². The Kier molecular flexibility index (Phi) is 10.1. The van der Waals surface area contributed by atoms with Crippen LogP contribution in [0.5, 0.6) is 0 Å². The van der Waals surface area contributed by atoms with Gasteiger partial charge in [0.1, 0.15) is 0 Å². The van der Waals surface area contributed by atoms with Gasteiger partial charge in [0.25, 0.3) is 0 Å². The second-order valence-corrected chi connectivity index (χ2v) is 7.86. The molecule has 7 heteroatoms. The second-order valence-electron chi connectivity index (χ2n) is 7.86. The fourth-order valence-corrected chi connectivity index (χ4v) is 3.96. The fourth-order valence-electron chi connectivity index (χ4n) is 3.96. The van der Waals surface area contributed by atoms with Crippen LogP contribution >= 0.6 is 24.0 Å². The van der Waals surface area contributed by atoms with Crippen molar-refractivity contribution in [1.82, 2.24) is 20.0 Å². The Bertz CT molecular complexity index is 805. The summed E-state index contributed by atoms with van der Waals surface area (Å²) < 4.78 is 7.92. The molecule has 1 aromatic carbocycles. The molecule has 1 aliphatic rings. The summed E-state index contributed by atoms with van der Waals surface area (Å²) in [4.78, 5) is 7.28. The first-order valence-electron chi connectivity index (χ1n) is 10.7. The lowest BCUT2D eigenvalue weighted by Gasteiger charge is -2.21. The number of halogens is 1. The zero-order chi connectivity index (χ0) is 20.6. The number of hydrogen-bond acceptors (Lipinski definition) is 3. The fraction of sp³-hybridized carbons (Fsp3) is 0.565. The maximum absolute atomic E-state index is 5.96. The first-order valence-corrected chi connectivity index (χ1v) is 10.7. The molecule has 1 aliphatic heterocycles. The van der Waals surface area contributed by atoms with E-state index in [-0.39, 0.29) is 24.0 Å². The van der Waals surface area contributed by atoms with Crippen molar-refractivity contribution in [3.05, 3.63) is 52.8 Å². The number of hydrogen-bond donors (Lipinski definition) is 1. The van der Waals surface area contributed by atoms with E-state index in [1.807, 2.05) is 17.8 Å². The van der Waals surface area contributed by atoms with Crippen LogP contribution in [0.15, 0.2) is 35.3 Å². The molecule has 1 saturated heterocycles. The number of nitrogens with zero attached hydrogens (tertiary/aromatic N) is 4. The maximum Gasteiger partial charge on any atom is 0.193 e. The molecule has 1 fully saturated rings. The summed E-state index contributed by atoms with van der Waals surface area (Å²) in [6.07, 6.45) is 2.08. The van der Waals surface area contributed by atoms with Gasteiger partial charge in [0, 0.05) is 44.8 Å². The third kappa shape index (κ3) is 6.70. The van der Waals surface area contributed by atoms with Crippen molar-refractivity contribution >= 4 is 29.9 Å². The lowest BCUT2D eigenvalue weighted by Crippen LogP contribution is -2.40. The number of guanidine groups is 1. The van der Waals surface area contributed by atoms with Gasteiger partial charge in [0.15, 0.2) is 5.96 Å². The Morgan fingerprint density at radius 1 is 1.27 bits per heavy atom. The Labute approximate surface area is 198 Å². The first-order chi connectivity index (χ1) is 14.1. The molecule has 2 aromatic rings. The molecule has 1 atom stereocenters. The minimum Gasteiger partial charge on any atom is -0.376 e. The standard InChI is InChI=1S/C23H35N5O.HI/c1-5-24-23(25-13-11-22-18(2)26-27(4)19(22)3)28-14-12-21(15-28)17-29-16-20-9-7-6-8-10-20;/h6-10,21H,5,11-17H2,1-4H3,(H,24,25);1H. The van der Waals surface area contributed by atoms with Crippen LogP contribution in [0.3, 0.4) is 0 Å². The number of rotatable bonds is 8. The predicted molar refractivity (Wildman–Crippen MR) is 134 cm³/mol. The van der Waals surface area contributed by atoms with Gasteiger partial charge in [-0.05, 0) is 44.7 Å². The molecule has 0 aliphatic carbocycles. The molecule has 3 rings (SSSR count). The Morgan fingerprint density at radius 3 is 2.70 bits per heavy atom. The summed E-state index contributed by atoms with van der Waals surface area (Å²) in [6, 6.07) is 10.4. The summed E-state index contributed by atoms with van der Waals surface area (Å²) in [5.41, 5.74) is 4.90. The van der Waals surface area contributed by atoms with Crippen LogP contribution in [-0.4, -0.2) is 53.4 Å². The number of aliphatic imine (C=N–C) groups is 1. The van der Waals surface area contributed by atoms with Gasteiger partial charge in [-0.15, -0.1) is 24.0 Å². The predicted octanol–water partition coefficient (Wildman–Crippen LogP) is 3.70. The highest BCUT2D eigenvalue weighted by atomic mass is 127. The van der Waals surface area contributed by atoms with Crippen molar-refractivity contribution in [3.63, 3.8) is 0 Å². The van der Waals surface area contributed by atoms with Gasteiger partial charge in [0.05, 0.1) is 18.9 Å². The van der Waals surface area contributed by atoms with Crippen molar-refractivity contribution in [2.45, 2.75) is 40.2 Å². The SMILES string of the molecule is CCNC(=NCCc1c(C)nn(C)c1C)N1CCC(COCc2ccccc2)C1.I. The lowest BCUT2D eigenvalue weighted by molar-refractivity contribution is 0.0907. The molecule has 1 N–H and O–H groups in total. The smallest absolute Gasteiger partial charge is 0.193 e. The van der Waals surface area contributed by atoms with Crippen LogP contribution < -0.4 is 5.32 Å². The van der Waals surface area contributed by atoms with Crippen LogP contribution in [0.1, 0.15) is 35.9 Å². The maximum atomic E-state index is 5.96. The van der Waals surface area contributed by atoms with Gasteiger partial charge in [-0.1, -0.05) is 30.3 Å². The topological polar surface area (TPSA) is 54.7 Å². The quantitative estimate of drug-likeness (QED) is 0.325. The number of likely N-dealkylation sites (tertiary alicyclic amines) is 1. The highest BCUT2D eigenvalue weighted by Crippen LogP contribution is 2.18. The minimum atomic E-state index is 0. The Hall–Kier alpha value is -1.61. The molecular formula is C23H36IN5O. The van der Waals surface area contributed by atoms with E-state index in [1.165, 1.54) is 16.8 Å². The van der Waals surface area contributed by atoms with Crippen LogP contribution in [-0.2, 0) is 24.8 Å². The average Bonchev–Trinajstić information content (AvgIpc) is 3.28. The monoisotopic (exact) mass is 525 g/mol. The molecule has 166 valence electrons. The van der Waals surface area contributed by atoms with Crippen LogP contribution in [0, 0.1) is 19.8 Å². The van der Waals surface area contributed by atoms with E-state index in [9.17, 15) is 0 Å². The van der Waals surface area contributed by atoms with Crippen molar-refractivity contribution in [2.24, 2.45) is 18.0 Å². The van der Waals surface area contributed by atoms with E-state index in [4.69, 9.17) is 9.73 Å². The normalized spacial score (nSPS) is 16.6. The lowest BCUT2D eigenvalue weighted by atomic mass is 10.1. The Morgan fingerprint density at radius 2 is 2.03 bits per heavy atom. The number of ether oxygens (including phenoxy) is 1. The number of nitrogens with one attached hydrogen (secondary N) is 1. The summed E-state index contributed by atoms with van der Waals surface area (Å²) in [7, 11) is 2.00. The number of aryl methyl sites for hydroxylation is 2. The molecule has 0 saturated carbocycles. The summed E-state index contributed by atoms with van der Waals surface area (Å²) in [5, 5.41) is 7.97. The van der Waals surface area contributed by atoms with E-state index in [2.05, 4.69) is 60.4 Å². The van der Waals surface area contributed by atoms with Crippen molar-refractivity contribution in [3.8, 4) is 0 Å². The molecule has 0 spiro atoms. The first kappa shape index (κ1) is 24.7. The van der Waals surface area contributed by atoms with Crippen molar-refractivity contribution < 1.29 is 4.74 Å². The van der Waals surface area contributed by atoms with E-state index < -0.39 is 0 Å². The molecule has 6 nitrogen and oxygen atoms in total. The van der Waals surface area contributed by atoms with Gasteiger partial charge >= 0.3 is 0 Å². The largest absolute Gasteiger partial charge is 0.376 e.